The monoisotopic (exact) mass is 207 g/mol. The van der Waals surface area contributed by atoms with Crippen LogP contribution in [0.15, 0.2) is 0 Å². The van der Waals surface area contributed by atoms with Crippen molar-refractivity contribution in [2.45, 2.75) is 36.9 Å². The van der Waals surface area contributed by atoms with Gasteiger partial charge in [0.05, 0.1) is 12.2 Å². The molecule has 6 heteroatoms. The Bertz CT molecular complexity index is 186. The maximum atomic E-state index is 9.49. The van der Waals surface area contributed by atoms with Gasteiger partial charge in [0.2, 0.25) is 0 Å². The molecule has 0 aromatic heterocycles. The molecule has 0 heterocycles. The highest BCUT2D eigenvalue weighted by Gasteiger charge is 2.41. The number of hydrogen-bond acceptors (Lipinski definition) is 6. The molecule has 6 atom stereocenters. The Labute approximate surface area is 81.6 Å². The van der Waals surface area contributed by atoms with Crippen LogP contribution in [0.5, 0.6) is 0 Å². The van der Waals surface area contributed by atoms with Crippen LogP contribution in [0.2, 0.25) is 0 Å². The molecule has 0 amide bonds. The molecule has 1 saturated carbocycles. The summed E-state index contributed by atoms with van der Waals surface area (Å²) in [6.07, 6.45) is -5.34. The predicted octanol–water partition coefficient (Wildman–Crippen LogP) is -3.23. The summed E-state index contributed by atoms with van der Waals surface area (Å²) in [4.78, 5) is 0. The van der Waals surface area contributed by atoms with Gasteiger partial charge in [-0.05, 0) is 6.42 Å². The van der Waals surface area contributed by atoms with Crippen LogP contribution in [-0.2, 0) is 0 Å². The van der Waals surface area contributed by atoms with E-state index in [9.17, 15) is 20.4 Å². The van der Waals surface area contributed by atoms with Gasteiger partial charge in [-0.1, -0.05) is 0 Å². The average molecular weight is 207 g/mol. The second-order valence-electron chi connectivity index (χ2n) is 3.80. The molecule has 14 heavy (non-hydrogen) atoms. The summed E-state index contributed by atoms with van der Waals surface area (Å²) in [5.41, 5.74) is 5.52. The molecule has 0 saturated heterocycles. The van der Waals surface area contributed by atoms with E-state index in [1.54, 1.807) is 0 Å². The third-order valence-corrected chi connectivity index (χ3v) is 2.78. The van der Waals surface area contributed by atoms with Gasteiger partial charge >= 0.3 is 0 Å². The maximum Gasteiger partial charge on any atom is 0.110 e. The number of aliphatic hydroxyl groups is 5. The maximum absolute atomic E-state index is 9.49. The first-order valence-corrected chi connectivity index (χ1v) is 4.57. The van der Waals surface area contributed by atoms with E-state index in [1.165, 1.54) is 0 Å². The molecule has 1 aliphatic rings. The minimum atomic E-state index is -1.48. The van der Waals surface area contributed by atoms with Gasteiger partial charge in [-0.2, -0.15) is 0 Å². The first-order valence-electron chi connectivity index (χ1n) is 4.57. The highest BCUT2D eigenvalue weighted by molar-refractivity contribution is 4.94. The summed E-state index contributed by atoms with van der Waals surface area (Å²) in [7, 11) is 0. The smallest absolute Gasteiger partial charge is 0.110 e. The second kappa shape index (κ2) is 4.52. The summed E-state index contributed by atoms with van der Waals surface area (Å²) >= 11 is 0. The summed E-state index contributed by atoms with van der Waals surface area (Å²) in [6.45, 7) is -0.342. The van der Waals surface area contributed by atoms with Crippen LogP contribution in [0.25, 0.3) is 0 Å². The summed E-state index contributed by atoms with van der Waals surface area (Å²) in [5, 5.41) is 46.5. The van der Waals surface area contributed by atoms with Crippen molar-refractivity contribution in [2.75, 3.05) is 6.61 Å². The molecular weight excluding hydrogens is 190 g/mol. The van der Waals surface area contributed by atoms with Crippen LogP contribution in [0.1, 0.15) is 6.42 Å². The highest BCUT2D eigenvalue weighted by Crippen LogP contribution is 2.23. The van der Waals surface area contributed by atoms with E-state index in [0.717, 1.165) is 0 Å². The number of aliphatic hydroxyl groups excluding tert-OH is 5. The van der Waals surface area contributed by atoms with E-state index in [-0.39, 0.29) is 13.0 Å². The molecule has 0 aliphatic heterocycles. The standard InChI is InChI=1S/C8H17NO5/c9-4-1-3(2-10)5(11)7(13)8(14)6(4)12/h3-8,10-14H,1-2,9H2/t3-,4-,5-,6+,7+,8+/m0/s1. The summed E-state index contributed by atoms with van der Waals surface area (Å²) < 4.78 is 0. The van der Waals surface area contributed by atoms with Crippen LogP contribution in [0.4, 0.5) is 0 Å². The summed E-state index contributed by atoms with van der Waals surface area (Å²) in [6, 6.07) is -0.756. The van der Waals surface area contributed by atoms with Crippen molar-refractivity contribution >= 4 is 0 Å². The lowest BCUT2D eigenvalue weighted by Crippen LogP contribution is -2.48. The Morgan fingerprint density at radius 1 is 0.929 bits per heavy atom. The molecule has 0 aromatic rings. The quantitative estimate of drug-likeness (QED) is 0.251. The van der Waals surface area contributed by atoms with Gasteiger partial charge in [0.25, 0.3) is 0 Å². The first kappa shape index (κ1) is 11.8. The van der Waals surface area contributed by atoms with Crippen molar-refractivity contribution < 1.29 is 25.5 Å². The molecule has 0 aromatic carbocycles. The van der Waals surface area contributed by atoms with Gasteiger partial charge in [-0.25, -0.2) is 0 Å². The molecule has 0 bridgehead atoms. The van der Waals surface area contributed by atoms with E-state index >= 15 is 0 Å². The normalized spacial score (nSPS) is 50.1. The SMILES string of the molecule is N[C@H]1C[C@@H](CO)[C@H](O)[C@@H](O)[C@H](O)[C@@H]1O. The molecule has 7 N–H and O–H groups in total. The van der Waals surface area contributed by atoms with Gasteiger partial charge in [0.1, 0.15) is 12.2 Å². The zero-order chi connectivity index (χ0) is 10.9. The Balaban J connectivity index is 2.81. The molecule has 1 aliphatic carbocycles. The molecule has 84 valence electrons. The fraction of sp³-hybridized carbons (Fsp3) is 1.00. The van der Waals surface area contributed by atoms with Crippen molar-refractivity contribution in [3.63, 3.8) is 0 Å². The van der Waals surface area contributed by atoms with Crippen molar-refractivity contribution in [1.29, 1.82) is 0 Å². The molecule has 0 radical (unpaired) electrons. The Kier molecular flexibility index (Phi) is 3.82. The molecule has 0 spiro atoms. The van der Waals surface area contributed by atoms with E-state index in [1.807, 2.05) is 0 Å². The zero-order valence-corrected chi connectivity index (χ0v) is 7.69. The van der Waals surface area contributed by atoms with Gasteiger partial charge in [-0.15, -0.1) is 0 Å². The van der Waals surface area contributed by atoms with Crippen LogP contribution in [-0.4, -0.2) is 62.6 Å². The van der Waals surface area contributed by atoms with Gasteiger partial charge in [-0.3, -0.25) is 0 Å². The van der Waals surface area contributed by atoms with E-state index in [2.05, 4.69) is 0 Å². The fourth-order valence-corrected chi connectivity index (χ4v) is 1.75. The molecule has 1 fully saturated rings. The first-order chi connectivity index (χ1) is 6.49. The lowest BCUT2D eigenvalue weighted by Gasteiger charge is -2.25. The van der Waals surface area contributed by atoms with Crippen LogP contribution in [0, 0.1) is 5.92 Å². The van der Waals surface area contributed by atoms with Crippen LogP contribution < -0.4 is 5.73 Å². The third kappa shape index (κ3) is 2.05. The third-order valence-electron chi connectivity index (χ3n) is 2.78. The lowest BCUT2D eigenvalue weighted by molar-refractivity contribution is -0.109. The van der Waals surface area contributed by atoms with Crippen LogP contribution in [0.3, 0.4) is 0 Å². The Hall–Kier alpha value is -0.240. The van der Waals surface area contributed by atoms with Gasteiger partial charge < -0.3 is 31.3 Å². The average Bonchev–Trinajstić information content (AvgIpc) is 2.25. The minimum absolute atomic E-state index is 0.160. The van der Waals surface area contributed by atoms with Crippen LogP contribution >= 0.6 is 0 Å². The summed E-state index contributed by atoms with van der Waals surface area (Å²) in [5.74, 6) is -0.619. The van der Waals surface area contributed by atoms with Gasteiger partial charge in [0, 0.05) is 18.6 Å². The van der Waals surface area contributed by atoms with Gasteiger partial charge in [0.15, 0.2) is 0 Å². The lowest BCUT2D eigenvalue weighted by atomic mass is 9.95. The minimum Gasteiger partial charge on any atom is -0.396 e. The van der Waals surface area contributed by atoms with E-state index in [4.69, 9.17) is 10.8 Å². The van der Waals surface area contributed by atoms with Crippen molar-refractivity contribution in [1.82, 2.24) is 0 Å². The molecular formula is C8H17NO5. The largest absolute Gasteiger partial charge is 0.396 e. The Morgan fingerprint density at radius 3 is 1.93 bits per heavy atom. The van der Waals surface area contributed by atoms with E-state index in [0.29, 0.717) is 0 Å². The number of hydrogen-bond donors (Lipinski definition) is 6. The predicted molar refractivity (Wildman–Crippen MR) is 47.2 cm³/mol. The highest BCUT2D eigenvalue weighted by atomic mass is 16.4. The molecule has 1 rings (SSSR count). The van der Waals surface area contributed by atoms with E-state index < -0.39 is 36.4 Å². The topological polar surface area (TPSA) is 127 Å². The molecule has 0 unspecified atom stereocenters. The molecule has 6 nitrogen and oxygen atoms in total. The Morgan fingerprint density at radius 2 is 1.43 bits per heavy atom. The van der Waals surface area contributed by atoms with Crippen molar-refractivity contribution in [3.8, 4) is 0 Å². The second-order valence-corrected chi connectivity index (χ2v) is 3.80. The van der Waals surface area contributed by atoms with Crippen molar-refractivity contribution in [2.24, 2.45) is 11.7 Å². The number of nitrogens with two attached hydrogens (primary N) is 1. The zero-order valence-electron chi connectivity index (χ0n) is 7.69. The fourth-order valence-electron chi connectivity index (χ4n) is 1.75. The van der Waals surface area contributed by atoms with Crippen molar-refractivity contribution in [3.05, 3.63) is 0 Å². The number of rotatable bonds is 1.